The van der Waals surface area contributed by atoms with Crippen molar-refractivity contribution in [3.63, 3.8) is 0 Å². The summed E-state index contributed by atoms with van der Waals surface area (Å²) in [5.74, 6) is -1.63. The molecule has 108 valence electrons. The molecule has 0 amide bonds. The summed E-state index contributed by atoms with van der Waals surface area (Å²) in [6.45, 7) is 6.95. The van der Waals surface area contributed by atoms with Crippen LogP contribution in [0.1, 0.15) is 39.5 Å². The number of Topliss-reactive ketones (excluding diaryl/α,β-unsaturated/α-hetero) is 3. The Bertz CT molecular complexity index is 525. The van der Waals surface area contributed by atoms with E-state index in [1.165, 1.54) is 6.92 Å². The maximum atomic E-state index is 12.5. The van der Waals surface area contributed by atoms with Crippen LogP contribution in [0.3, 0.4) is 0 Å². The number of fused-ring (bicyclic) bond motifs is 1. The second-order valence-corrected chi connectivity index (χ2v) is 6.06. The molecule has 0 radical (unpaired) electrons. The van der Waals surface area contributed by atoms with Crippen LogP contribution < -0.4 is 0 Å². The second kappa shape index (κ2) is 5.09. The third-order valence-electron chi connectivity index (χ3n) is 4.49. The normalized spacial score (nSPS) is 38.5. The van der Waals surface area contributed by atoms with Gasteiger partial charge in [-0.2, -0.15) is 0 Å². The minimum atomic E-state index is -1.45. The molecule has 0 spiro atoms. The molecule has 1 saturated carbocycles. The van der Waals surface area contributed by atoms with E-state index in [-0.39, 0.29) is 36.6 Å². The fourth-order valence-corrected chi connectivity index (χ4v) is 3.03. The lowest BCUT2D eigenvalue weighted by Gasteiger charge is -2.28. The molecule has 0 aromatic carbocycles. The highest BCUT2D eigenvalue weighted by Gasteiger charge is 2.47. The fourth-order valence-electron chi connectivity index (χ4n) is 3.03. The molecule has 1 fully saturated rings. The SMILES string of the molecule is C=C1C(=O)CC2C(=O)C(C)(O)CC/C=C(\C)C(=O)CC12. The quantitative estimate of drug-likeness (QED) is 0.684. The molecule has 0 heterocycles. The number of aliphatic hydroxyl groups is 1. The Morgan fingerprint density at radius 2 is 1.80 bits per heavy atom. The molecule has 20 heavy (non-hydrogen) atoms. The summed E-state index contributed by atoms with van der Waals surface area (Å²) < 4.78 is 0. The molecule has 0 aliphatic heterocycles. The van der Waals surface area contributed by atoms with Gasteiger partial charge in [0.05, 0.1) is 0 Å². The fraction of sp³-hybridized carbons (Fsp3) is 0.562. The van der Waals surface area contributed by atoms with Crippen LogP contribution in [0, 0.1) is 11.8 Å². The second-order valence-electron chi connectivity index (χ2n) is 6.06. The number of ketones is 3. The number of carbonyl (C=O) groups is 3. The van der Waals surface area contributed by atoms with Gasteiger partial charge in [0.1, 0.15) is 5.60 Å². The first-order valence-electron chi connectivity index (χ1n) is 6.92. The highest BCUT2D eigenvalue weighted by molar-refractivity contribution is 6.06. The number of rotatable bonds is 0. The van der Waals surface area contributed by atoms with Gasteiger partial charge in [-0.15, -0.1) is 0 Å². The summed E-state index contributed by atoms with van der Waals surface area (Å²) in [6.07, 6.45) is 2.68. The van der Waals surface area contributed by atoms with Crippen molar-refractivity contribution in [1.29, 1.82) is 0 Å². The largest absolute Gasteiger partial charge is 0.382 e. The Balaban J connectivity index is 2.42. The number of allylic oxidation sites excluding steroid dienone is 3. The Morgan fingerprint density at radius 1 is 1.20 bits per heavy atom. The van der Waals surface area contributed by atoms with Crippen LogP contribution in [-0.4, -0.2) is 28.1 Å². The van der Waals surface area contributed by atoms with Gasteiger partial charge in [0.2, 0.25) is 0 Å². The minimum Gasteiger partial charge on any atom is -0.382 e. The molecule has 3 unspecified atom stereocenters. The van der Waals surface area contributed by atoms with Gasteiger partial charge in [-0.25, -0.2) is 0 Å². The summed E-state index contributed by atoms with van der Waals surface area (Å²) in [5, 5.41) is 10.3. The van der Waals surface area contributed by atoms with Crippen molar-refractivity contribution in [2.45, 2.75) is 45.1 Å². The van der Waals surface area contributed by atoms with Crippen LogP contribution in [0.5, 0.6) is 0 Å². The first kappa shape index (κ1) is 14.9. The average Bonchev–Trinajstić information content (AvgIpc) is 2.64. The number of hydrogen-bond donors (Lipinski definition) is 1. The highest BCUT2D eigenvalue weighted by Crippen LogP contribution is 2.40. The Kier molecular flexibility index (Phi) is 3.78. The van der Waals surface area contributed by atoms with E-state index in [2.05, 4.69) is 6.58 Å². The van der Waals surface area contributed by atoms with Gasteiger partial charge in [0.15, 0.2) is 17.3 Å². The monoisotopic (exact) mass is 276 g/mol. The third-order valence-corrected chi connectivity index (χ3v) is 4.49. The van der Waals surface area contributed by atoms with Gasteiger partial charge >= 0.3 is 0 Å². The predicted octanol–water partition coefficient (Wildman–Crippen LogP) is 1.77. The van der Waals surface area contributed by atoms with E-state index in [9.17, 15) is 19.5 Å². The zero-order valence-corrected chi connectivity index (χ0v) is 11.9. The third kappa shape index (κ3) is 2.52. The highest BCUT2D eigenvalue weighted by atomic mass is 16.3. The van der Waals surface area contributed by atoms with E-state index < -0.39 is 17.4 Å². The smallest absolute Gasteiger partial charge is 0.168 e. The summed E-state index contributed by atoms with van der Waals surface area (Å²) in [6, 6.07) is 0. The Labute approximate surface area is 118 Å². The van der Waals surface area contributed by atoms with E-state index in [0.717, 1.165) is 0 Å². The van der Waals surface area contributed by atoms with Crippen LogP contribution in [0.25, 0.3) is 0 Å². The zero-order chi connectivity index (χ0) is 15.1. The standard InChI is InChI=1S/C16H20O4/c1-9-5-4-6-16(3,20)15(19)12-8-14(18)10(2)11(12)7-13(9)17/h5,11-12,20H,2,4,6-8H2,1,3H3/b9-5+. The number of hydrogen-bond acceptors (Lipinski definition) is 4. The van der Waals surface area contributed by atoms with Crippen molar-refractivity contribution in [3.05, 3.63) is 23.8 Å². The van der Waals surface area contributed by atoms with Crippen molar-refractivity contribution in [3.8, 4) is 0 Å². The molecular weight excluding hydrogens is 256 g/mol. The molecule has 3 atom stereocenters. The summed E-state index contributed by atoms with van der Waals surface area (Å²) in [7, 11) is 0. The minimum absolute atomic E-state index is 0.0507. The van der Waals surface area contributed by atoms with Gasteiger partial charge in [-0.3, -0.25) is 14.4 Å². The predicted molar refractivity (Wildman–Crippen MR) is 74.0 cm³/mol. The van der Waals surface area contributed by atoms with Crippen molar-refractivity contribution in [2.24, 2.45) is 11.8 Å². The van der Waals surface area contributed by atoms with E-state index in [1.807, 2.05) is 0 Å². The summed E-state index contributed by atoms with van der Waals surface area (Å²) >= 11 is 0. The Morgan fingerprint density at radius 3 is 2.45 bits per heavy atom. The first-order valence-corrected chi connectivity index (χ1v) is 6.92. The maximum absolute atomic E-state index is 12.5. The van der Waals surface area contributed by atoms with E-state index in [4.69, 9.17) is 0 Å². The van der Waals surface area contributed by atoms with Crippen molar-refractivity contribution in [1.82, 2.24) is 0 Å². The van der Waals surface area contributed by atoms with Gasteiger partial charge in [0, 0.05) is 24.7 Å². The molecule has 0 aromatic rings. The van der Waals surface area contributed by atoms with Gasteiger partial charge in [0.25, 0.3) is 0 Å². The lowest BCUT2D eigenvalue weighted by molar-refractivity contribution is -0.142. The van der Waals surface area contributed by atoms with Crippen LogP contribution in [0.4, 0.5) is 0 Å². The molecule has 4 heteroatoms. The zero-order valence-electron chi connectivity index (χ0n) is 11.9. The molecule has 2 rings (SSSR count). The molecule has 1 N–H and O–H groups in total. The summed E-state index contributed by atoms with van der Waals surface area (Å²) in [4.78, 5) is 36.4. The van der Waals surface area contributed by atoms with Crippen molar-refractivity contribution < 1.29 is 19.5 Å². The molecule has 0 saturated heterocycles. The lowest BCUT2D eigenvalue weighted by Crippen LogP contribution is -2.41. The summed E-state index contributed by atoms with van der Waals surface area (Å²) in [5.41, 5.74) is -0.479. The van der Waals surface area contributed by atoms with Gasteiger partial charge < -0.3 is 5.11 Å². The topological polar surface area (TPSA) is 71.4 Å². The Hall–Kier alpha value is -1.55. The first-order chi connectivity index (χ1) is 9.24. The van der Waals surface area contributed by atoms with E-state index >= 15 is 0 Å². The van der Waals surface area contributed by atoms with Crippen molar-refractivity contribution >= 4 is 17.3 Å². The lowest BCUT2D eigenvalue weighted by atomic mass is 9.77. The molecule has 0 bridgehead atoms. The molecule has 2 aliphatic rings. The molecule has 0 aromatic heterocycles. The van der Waals surface area contributed by atoms with E-state index in [1.54, 1.807) is 13.0 Å². The molecule has 2 aliphatic carbocycles. The van der Waals surface area contributed by atoms with Crippen molar-refractivity contribution in [2.75, 3.05) is 0 Å². The molecular formula is C16H20O4. The maximum Gasteiger partial charge on any atom is 0.168 e. The molecule has 4 nitrogen and oxygen atoms in total. The number of carbonyl (C=O) groups excluding carboxylic acids is 3. The van der Waals surface area contributed by atoms with Crippen LogP contribution in [-0.2, 0) is 14.4 Å². The van der Waals surface area contributed by atoms with Gasteiger partial charge in [-0.05, 0) is 37.8 Å². The van der Waals surface area contributed by atoms with Gasteiger partial charge in [-0.1, -0.05) is 12.7 Å². The van der Waals surface area contributed by atoms with Crippen LogP contribution in [0.15, 0.2) is 23.8 Å². The van der Waals surface area contributed by atoms with E-state index in [0.29, 0.717) is 17.6 Å². The average molecular weight is 276 g/mol. The van der Waals surface area contributed by atoms with Crippen LogP contribution in [0.2, 0.25) is 0 Å². The van der Waals surface area contributed by atoms with Crippen LogP contribution >= 0.6 is 0 Å².